The van der Waals surface area contributed by atoms with Crippen LogP contribution in [0.2, 0.25) is 0 Å². The molecule has 0 aliphatic rings. The van der Waals surface area contributed by atoms with Gasteiger partial charge < -0.3 is 0 Å². The largest absolute Gasteiger partial charge is 0.333 e. The van der Waals surface area contributed by atoms with E-state index in [0.717, 1.165) is 13.0 Å². The molecule has 0 spiro atoms. The number of imidazole rings is 2. The molecule has 0 amide bonds. The molecule has 0 aliphatic carbocycles. The molecule has 20 heavy (non-hydrogen) atoms. The lowest BCUT2D eigenvalue weighted by Gasteiger charge is -2.00. The number of allylic oxidation sites excluding steroid dienone is 1. The van der Waals surface area contributed by atoms with Gasteiger partial charge in [-0.1, -0.05) is 26.0 Å². The third-order valence-electron chi connectivity index (χ3n) is 3.90. The van der Waals surface area contributed by atoms with Crippen molar-refractivity contribution in [2.45, 2.75) is 39.7 Å². The van der Waals surface area contributed by atoms with Crippen molar-refractivity contribution in [1.29, 1.82) is 0 Å². The maximum Gasteiger partial charge on any atom is 0.333 e. The fraction of sp³-hybridized carbons (Fsp3) is 0.500. The smallest absolute Gasteiger partial charge is 0.234 e. The lowest BCUT2D eigenvalue weighted by molar-refractivity contribution is -0.684. The molecule has 0 bridgehead atoms. The number of H-pyrrole nitrogens is 1. The van der Waals surface area contributed by atoms with E-state index in [9.17, 15) is 0 Å². The number of aromatic amines is 1. The van der Waals surface area contributed by atoms with Crippen LogP contribution in [0.3, 0.4) is 0 Å². The molecule has 1 N–H and O–H groups in total. The second kappa shape index (κ2) is 6.07. The minimum Gasteiger partial charge on any atom is -0.234 e. The topological polar surface area (TPSA) is 28.5 Å². The molecule has 0 aliphatic heterocycles. The molecular weight excluding hydrogens is 248 g/mol. The number of hydrogen-bond donors (Lipinski definition) is 1. The number of rotatable bonds is 6. The Balaban J connectivity index is 2.54. The van der Waals surface area contributed by atoms with Gasteiger partial charge in [-0.2, -0.15) is 0 Å². The van der Waals surface area contributed by atoms with Crippen LogP contribution in [0.15, 0.2) is 25.0 Å². The summed E-state index contributed by atoms with van der Waals surface area (Å²) in [5, 5.41) is 0. The van der Waals surface area contributed by atoms with E-state index < -0.39 is 0 Å². The standard InChI is InChI=1S/C16H25N4/c1-6-8-9-14-15(17-13(3)19(14)5)16-18(4)11-12-20(16)10-7-2/h7,11-12H,2,6,8-10H2,1,3-5H3/q+1/p+1. The molecule has 2 aromatic heterocycles. The molecule has 0 fully saturated rings. The van der Waals surface area contributed by atoms with Crippen molar-refractivity contribution < 1.29 is 9.13 Å². The predicted molar refractivity (Wildman–Crippen MR) is 80.1 cm³/mol. The van der Waals surface area contributed by atoms with Crippen molar-refractivity contribution in [2.24, 2.45) is 14.1 Å². The van der Waals surface area contributed by atoms with Crippen molar-refractivity contribution in [3.63, 3.8) is 0 Å². The van der Waals surface area contributed by atoms with Crippen LogP contribution in [-0.2, 0) is 27.1 Å². The molecular formula is C16H26N4+2. The Hall–Kier alpha value is -1.84. The Morgan fingerprint density at radius 2 is 2.15 bits per heavy atom. The van der Waals surface area contributed by atoms with Gasteiger partial charge in [-0.05, 0) is 6.42 Å². The number of nitrogens with one attached hydrogen (secondary N) is 1. The molecule has 2 rings (SSSR count). The first-order chi connectivity index (χ1) is 9.60. The lowest BCUT2D eigenvalue weighted by Crippen LogP contribution is -2.35. The Kier molecular flexibility index (Phi) is 4.42. The minimum atomic E-state index is 0.825. The van der Waals surface area contributed by atoms with Crippen molar-refractivity contribution in [3.05, 3.63) is 36.6 Å². The molecule has 108 valence electrons. The van der Waals surface area contributed by atoms with Gasteiger partial charge in [0.2, 0.25) is 0 Å². The van der Waals surface area contributed by atoms with Crippen LogP contribution in [0.1, 0.15) is 31.3 Å². The van der Waals surface area contributed by atoms with Crippen molar-refractivity contribution in [3.8, 4) is 11.5 Å². The Labute approximate surface area is 121 Å². The van der Waals surface area contributed by atoms with E-state index in [-0.39, 0.29) is 0 Å². The summed E-state index contributed by atoms with van der Waals surface area (Å²) in [5.41, 5.74) is 2.61. The van der Waals surface area contributed by atoms with E-state index in [2.05, 4.69) is 65.6 Å². The highest BCUT2D eigenvalue weighted by atomic mass is 15.2. The number of aromatic nitrogens is 4. The third kappa shape index (κ3) is 2.55. The number of aryl methyl sites for hydroxylation is 2. The van der Waals surface area contributed by atoms with Crippen LogP contribution >= 0.6 is 0 Å². The summed E-state index contributed by atoms with van der Waals surface area (Å²) in [4.78, 5) is 3.55. The van der Waals surface area contributed by atoms with Crippen LogP contribution in [0.4, 0.5) is 0 Å². The number of unbranched alkanes of at least 4 members (excludes halogenated alkanes) is 1. The highest BCUT2D eigenvalue weighted by Crippen LogP contribution is 2.19. The molecule has 0 aromatic carbocycles. The zero-order valence-corrected chi connectivity index (χ0v) is 13.1. The van der Waals surface area contributed by atoms with Crippen LogP contribution in [0.5, 0.6) is 0 Å². The van der Waals surface area contributed by atoms with Gasteiger partial charge in [-0.25, -0.2) is 18.7 Å². The SMILES string of the molecule is C=CCn1cc[n+](C)c1-c1[nH]c(C)[n+](C)c1CCCC. The summed E-state index contributed by atoms with van der Waals surface area (Å²) in [7, 11) is 4.23. The van der Waals surface area contributed by atoms with E-state index >= 15 is 0 Å². The summed E-state index contributed by atoms with van der Waals surface area (Å²) in [5.74, 6) is 2.40. The first-order valence-corrected chi connectivity index (χ1v) is 7.33. The molecule has 4 heteroatoms. The van der Waals surface area contributed by atoms with Gasteiger partial charge in [0.25, 0.3) is 11.5 Å². The van der Waals surface area contributed by atoms with Crippen molar-refractivity contribution in [2.75, 3.05) is 0 Å². The van der Waals surface area contributed by atoms with Gasteiger partial charge in [0.1, 0.15) is 18.9 Å². The molecule has 0 unspecified atom stereocenters. The second-order valence-corrected chi connectivity index (χ2v) is 5.37. The van der Waals surface area contributed by atoms with E-state index in [1.54, 1.807) is 0 Å². The third-order valence-corrected chi connectivity index (χ3v) is 3.90. The average Bonchev–Trinajstić information content (AvgIpc) is 2.90. The molecule has 0 radical (unpaired) electrons. The molecule has 2 heterocycles. The van der Waals surface area contributed by atoms with Gasteiger partial charge in [0.05, 0.1) is 14.1 Å². The fourth-order valence-electron chi connectivity index (χ4n) is 2.66. The molecule has 2 aromatic rings. The Morgan fingerprint density at radius 3 is 2.80 bits per heavy atom. The van der Waals surface area contributed by atoms with Crippen molar-refractivity contribution >= 4 is 0 Å². The summed E-state index contributed by atoms with van der Waals surface area (Å²) < 4.78 is 6.67. The molecule has 0 atom stereocenters. The quantitative estimate of drug-likeness (QED) is 0.616. The number of hydrogen-bond acceptors (Lipinski definition) is 0. The normalized spacial score (nSPS) is 11.0. The van der Waals surface area contributed by atoms with Gasteiger partial charge in [0, 0.05) is 13.3 Å². The zero-order valence-electron chi connectivity index (χ0n) is 13.1. The minimum absolute atomic E-state index is 0.825. The molecule has 0 saturated carbocycles. The first kappa shape index (κ1) is 14.6. The van der Waals surface area contributed by atoms with Crippen LogP contribution in [0, 0.1) is 6.92 Å². The van der Waals surface area contributed by atoms with Gasteiger partial charge in [-0.15, -0.1) is 0 Å². The zero-order chi connectivity index (χ0) is 14.7. The van der Waals surface area contributed by atoms with Crippen molar-refractivity contribution in [1.82, 2.24) is 9.55 Å². The summed E-state index contributed by atoms with van der Waals surface area (Å²) in [6, 6.07) is 0. The Bertz CT molecular complexity index is 604. The number of nitrogens with zero attached hydrogens (tertiary/aromatic N) is 3. The molecule has 4 nitrogen and oxygen atoms in total. The monoisotopic (exact) mass is 274 g/mol. The van der Waals surface area contributed by atoms with Crippen LogP contribution in [0.25, 0.3) is 11.5 Å². The summed E-state index contributed by atoms with van der Waals surface area (Å²) in [6.45, 7) is 9.03. The van der Waals surface area contributed by atoms with E-state index in [1.165, 1.54) is 35.9 Å². The van der Waals surface area contributed by atoms with Crippen LogP contribution < -0.4 is 9.13 Å². The maximum atomic E-state index is 3.85. The maximum absolute atomic E-state index is 3.85. The van der Waals surface area contributed by atoms with E-state index in [0.29, 0.717) is 0 Å². The highest BCUT2D eigenvalue weighted by molar-refractivity contribution is 5.49. The lowest BCUT2D eigenvalue weighted by atomic mass is 10.1. The summed E-state index contributed by atoms with van der Waals surface area (Å²) >= 11 is 0. The van der Waals surface area contributed by atoms with Gasteiger partial charge in [-0.3, -0.25) is 0 Å². The first-order valence-electron chi connectivity index (χ1n) is 7.33. The van der Waals surface area contributed by atoms with Gasteiger partial charge >= 0.3 is 5.82 Å². The fourth-order valence-corrected chi connectivity index (χ4v) is 2.66. The average molecular weight is 274 g/mol. The second-order valence-electron chi connectivity index (χ2n) is 5.37. The molecule has 0 saturated heterocycles. The summed E-state index contributed by atoms with van der Waals surface area (Å²) in [6.07, 6.45) is 9.67. The van der Waals surface area contributed by atoms with Crippen LogP contribution in [-0.4, -0.2) is 9.55 Å². The Morgan fingerprint density at radius 1 is 1.40 bits per heavy atom. The van der Waals surface area contributed by atoms with Gasteiger partial charge in [0.15, 0.2) is 5.69 Å². The van der Waals surface area contributed by atoms with E-state index in [1.807, 2.05) is 6.08 Å². The predicted octanol–water partition coefficient (Wildman–Crippen LogP) is 1.97. The highest BCUT2D eigenvalue weighted by Gasteiger charge is 2.29. The van der Waals surface area contributed by atoms with E-state index in [4.69, 9.17) is 0 Å².